The Kier molecular flexibility index (Phi) is 5.45. The molecule has 1 aliphatic heterocycles. The summed E-state index contributed by atoms with van der Waals surface area (Å²) in [5, 5.41) is 0. The fourth-order valence-electron chi connectivity index (χ4n) is 3.18. The number of morpholine rings is 1. The minimum atomic E-state index is -0.184. The summed E-state index contributed by atoms with van der Waals surface area (Å²) in [7, 11) is 3.82. The first-order valence-corrected chi connectivity index (χ1v) is 8.75. The van der Waals surface area contributed by atoms with Gasteiger partial charge in [0, 0.05) is 32.4 Å². The number of allylic oxidation sites excluding steroid dienone is 1. The Labute approximate surface area is 143 Å². The third-order valence-electron chi connectivity index (χ3n) is 4.56. The second-order valence-corrected chi connectivity index (χ2v) is 6.62. The van der Waals surface area contributed by atoms with Crippen molar-refractivity contribution in [2.75, 3.05) is 38.7 Å². The quantitative estimate of drug-likeness (QED) is 0.851. The molecule has 3 rings (SSSR count). The molecule has 0 bridgehead atoms. The fourth-order valence-corrected chi connectivity index (χ4v) is 3.18. The lowest BCUT2D eigenvalue weighted by Gasteiger charge is -2.33. The van der Waals surface area contributed by atoms with Crippen LogP contribution in [-0.2, 0) is 9.53 Å². The minimum absolute atomic E-state index is 0.173. The highest BCUT2D eigenvalue weighted by atomic mass is 16.5. The van der Waals surface area contributed by atoms with E-state index in [4.69, 9.17) is 4.74 Å². The summed E-state index contributed by atoms with van der Waals surface area (Å²) in [6.07, 6.45) is 9.14. The van der Waals surface area contributed by atoms with Gasteiger partial charge in [0.1, 0.15) is 6.10 Å². The van der Waals surface area contributed by atoms with Gasteiger partial charge in [0.25, 0.3) is 0 Å². The smallest absolute Gasteiger partial charge is 0.249 e. The molecule has 0 spiro atoms. The first kappa shape index (κ1) is 16.9. The first-order valence-electron chi connectivity index (χ1n) is 8.75. The predicted molar refractivity (Wildman–Crippen MR) is 92.8 cm³/mol. The summed E-state index contributed by atoms with van der Waals surface area (Å²) in [6.45, 7) is 1.75. The van der Waals surface area contributed by atoms with Crippen LogP contribution in [0.25, 0.3) is 0 Å². The van der Waals surface area contributed by atoms with Crippen LogP contribution in [0.3, 0.4) is 0 Å². The summed E-state index contributed by atoms with van der Waals surface area (Å²) in [5.41, 5.74) is 1.81. The van der Waals surface area contributed by atoms with Crippen molar-refractivity contribution in [1.29, 1.82) is 0 Å². The molecule has 2 heterocycles. The zero-order chi connectivity index (χ0) is 16.9. The summed E-state index contributed by atoms with van der Waals surface area (Å²) in [4.78, 5) is 25.4. The Morgan fingerprint density at radius 1 is 1.33 bits per heavy atom. The first-order chi connectivity index (χ1) is 11.6. The lowest BCUT2D eigenvalue weighted by atomic mass is 10.1. The van der Waals surface area contributed by atoms with Gasteiger partial charge in [0.15, 0.2) is 0 Å². The maximum absolute atomic E-state index is 12.8. The molecule has 1 fully saturated rings. The van der Waals surface area contributed by atoms with E-state index in [0.717, 1.165) is 30.5 Å². The van der Waals surface area contributed by atoms with Gasteiger partial charge < -0.3 is 14.5 Å². The van der Waals surface area contributed by atoms with E-state index in [-0.39, 0.29) is 12.0 Å². The molecule has 0 saturated carbocycles. The summed E-state index contributed by atoms with van der Waals surface area (Å²) in [6, 6.07) is 1.87. The summed E-state index contributed by atoms with van der Waals surface area (Å²) < 4.78 is 5.87. The standard InChI is InChI=1S/C18H26N4O2/c1-21(2)18-19-10-9-15(20-18)16-13-22(11-12-24-16)17(23)14-7-5-3-4-6-8-14/h7,9-10,16H,3-6,8,11-13H2,1-2H3/t16-/m1/s1. The van der Waals surface area contributed by atoms with Crippen LogP contribution in [-0.4, -0.2) is 54.6 Å². The molecule has 1 atom stereocenters. The van der Waals surface area contributed by atoms with E-state index < -0.39 is 0 Å². The number of amides is 1. The second-order valence-electron chi connectivity index (χ2n) is 6.62. The Morgan fingerprint density at radius 3 is 3.04 bits per heavy atom. The van der Waals surface area contributed by atoms with Gasteiger partial charge in [-0.1, -0.05) is 12.5 Å². The highest BCUT2D eigenvalue weighted by molar-refractivity contribution is 5.93. The number of nitrogens with zero attached hydrogens (tertiary/aromatic N) is 4. The Balaban J connectivity index is 1.71. The lowest BCUT2D eigenvalue weighted by molar-refractivity contribution is -0.135. The number of hydrogen-bond acceptors (Lipinski definition) is 5. The molecule has 0 aromatic carbocycles. The van der Waals surface area contributed by atoms with Gasteiger partial charge in [0.05, 0.1) is 18.8 Å². The summed E-state index contributed by atoms with van der Waals surface area (Å²) in [5.74, 6) is 0.832. The monoisotopic (exact) mass is 330 g/mol. The van der Waals surface area contributed by atoms with E-state index in [1.54, 1.807) is 6.20 Å². The van der Waals surface area contributed by atoms with Crippen molar-refractivity contribution < 1.29 is 9.53 Å². The van der Waals surface area contributed by atoms with E-state index in [1.165, 1.54) is 12.8 Å². The molecule has 24 heavy (non-hydrogen) atoms. The molecule has 1 saturated heterocycles. The molecule has 6 heteroatoms. The van der Waals surface area contributed by atoms with E-state index in [9.17, 15) is 4.79 Å². The molecular weight excluding hydrogens is 304 g/mol. The molecule has 2 aliphatic rings. The predicted octanol–water partition coefficient (Wildman–Crippen LogP) is 2.33. The fraction of sp³-hybridized carbons (Fsp3) is 0.611. The molecule has 6 nitrogen and oxygen atoms in total. The molecule has 0 unspecified atom stereocenters. The van der Waals surface area contributed by atoms with Crippen molar-refractivity contribution in [3.8, 4) is 0 Å². The van der Waals surface area contributed by atoms with Crippen LogP contribution in [0.15, 0.2) is 23.9 Å². The third-order valence-corrected chi connectivity index (χ3v) is 4.56. The Hall–Kier alpha value is -1.95. The van der Waals surface area contributed by atoms with E-state index >= 15 is 0 Å². The van der Waals surface area contributed by atoms with Crippen molar-refractivity contribution in [2.24, 2.45) is 0 Å². The number of rotatable bonds is 3. The van der Waals surface area contributed by atoms with Crippen LogP contribution in [0.1, 0.15) is 43.9 Å². The van der Waals surface area contributed by atoms with Gasteiger partial charge >= 0.3 is 0 Å². The maximum Gasteiger partial charge on any atom is 0.249 e. The van der Waals surface area contributed by atoms with Crippen LogP contribution in [0.2, 0.25) is 0 Å². The maximum atomic E-state index is 12.8. The zero-order valence-electron chi connectivity index (χ0n) is 14.6. The number of carbonyl (C=O) groups is 1. The molecule has 0 N–H and O–H groups in total. The van der Waals surface area contributed by atoms with Crippen molar-refractivity contribution in [3.63, 3.8) is 0 Å². The highest BCUT2D eigenvalue weighted by Gasteiger charge is 2.28. The molecule has 1 aromatic heterocycles. The third kappa shape index (κ3) is 3.93. The van der Waals surface area contributed by atoms with E-state index in [0.29, 0.717) is 25.6 Å². The minimum Gasteiger partial charge on any atom is -0.368 e. The topological polar surface area (TPSA) is 58.6 Å². The van der Waals surface area contributed by atoms with Crippen LogP contribution in [0.4, 0.5) is 5.95 Å². The lowest BCUT2D eigenvalue weighted by Crippen LogP contribution is -2.43. The van der Waals surface area contributed by atoms with Crippen LogP contribution < -0.4 is 4.90 Å². The highest BCUT2D eigenvalue weighted by Crippen LogP contribution is 2.25. The normalized spacial score (nSPS) is 21.8. The average molecular weight is 330 g/mol. The van der Waals surface area contributed by atoms with Gasteiger partial charge in [-0.3, -0.25) is 4.79 Å². The Bertz CT molecular complexity index is 615. The summed E-state index contributed by atoms with van der Waals surface area (Å²) >= 11 is 0. The van der Waals surface area contributed by atoms with Gasteiger partial charge in [-0.15, -0.1) is 0 Å². The van der Waals surface area contributed by atoms with Crippen LogP contribution >= 0.6 is 0 Å². The van der Waals surface area contributed by atoms with Crippen molar-refractivity contribution >= 4 is 11.9 Å². The largest absolute Gasteiger partial charge is 0.368 e. The SMILES string of the molecule is CN(C)c1nccc([C@H]2CN(C(=O)C3=CCCCCC3)CCO2)n1. The van der Waals surface area contributed by atoms with Crippen LogP contribution in [0.5, 0.6) is 0 Å². The average Bonchev–Trinajstić information content (AvgIpc) is 2.90. The Morgan fingerprint density at radius 2 is 2.21 bits per heavy atom. The number of anilines is 1. The van der Waals surface area contributed by atoms with E-state index in [2.05, 4.69) is 16.0 Å². The van der Waals surface area contributed by atoms with Crippen molar-refractivity contribution in [3.05, 3.63) is 29.6 Å². The van der Waals surface area contributed by atoms with Crippen molar-refractivity contribution in [1.82, 2.24) is 14.9 Å². The van der Waals surface area contributed by atoms with Crippen LogP contribution in [0, 0.1) is 0 Å². The number of carbonyl (C=O) groups excluding carboxylic acids is 1. The molecular formula is C18H26N4O2. The van der Waals surface area contributed by atoms with Gasteiger partial charge in [0.2, 0.25) is 11.9 Å². The number of aromatic nitrogens is 2. The molecule has 130 valence electrons. The van der Waals surface area contributed by atoms with Gasteiger partial charge in [-0.05, 0) is 31.7 Å². The molecule has 1 amide bonds. The van der Waals surface area contributed by atoms with Gasteiger partial charge in [-0.25, -0.2) is 9.97 Å². The van der Waals surface area contributed by atoms with Gasteiger partial charge in [-0.2, -0.15) is 0 Å². The van der Waals surface area contributed by atoms with Crippen molar-refractivity contribution in [2.45, 2.75) is 38.2 Å². The number of ether oxygens (including phenoxy) is 1. The zero-order valence-corrected chi connectivity index (χ0v) is 14.6. The van der Waals surface area contributed by atoms with E-state index in [1.807, 2.05) is 30.0 Å². The second kappa shape index (κ2) is 7.75. The molecule has 1 aliphatic carbocycles. The molecule has 1 aromatic rings. The number of hydrogen-bond donors (Lipinski definition) is 0. The molecule has 0 radical (unpaired) electrons.